The standard InChI is InChI=1S/C17H20ClFN2/c1-13(15-7-8-17(19)16(18)11-15)21(10-9-20)12-14-5-3-2-4-6-14/h2-8,11,13H,9-10,12,20H2,1H3. The minimum absolute atomic E-state index is 0.117. The lowest BCUT2D eigenvalue weighted by atomic mass is 10.1. The third kappa shape index (κ3) is 4.27. The summed E-state index contributed by atoms with van der Waals surface area (Å²) in [5, 5.41) is 0.159. The molecular formula is C17H20ClFN2. The van der Waals surface area contributed by atoms with E-state index >= 15 is 0 Å². The SMILES string of the molecule is CC(c1ccc(F)c(Cl)c1)N(CCN)Cc1ccccc1. The lowest BCUT2D eigenvalue weighted by Gasteiger charge is -2.29. The maximum Gasteiger partial charge on any atom is 0.141 e. The number of hydrogen-bond acceptors (Lipinski definition) is 2. The van der Waals surface area contributed by atoms with Crippen molar-refractivity contribution in [3.05, 3.63) is 70.5 Å². The van der Waals surface area contributed by atoms with Crippen molar-refractivity contribution in [2.75, 3.05) is 13.1 Å². The summed E-state index contributed by atoms with van der Waals surface area (Å²) in [6.45, 7) is 4.23. The van der Waals surface area contributed by atoms with Crippen LogP contribution in [0.2, 0.25) is 5.02 Å². The summed E-state index contributed by atoms with van der Waals surface area (Å²) in [6.07, 6.45) is 0. The van der Waals surface area contributed by atoms with Gasteiger partial charge in [0.25, 0.3) is 0 Å². The van der Waals surface area contributed by atoms with E-state index in [1.54, 1.807) is 12.1 Å². The van der Waals surface area contributed by atoms with Crippen LogP contribution in [0.1, 0.15) is 24.1 Å². The first-order valence-corrected chi connectivity index (χ1v) is 7.42. The molecule has 2 N–H and O–H groups in total. The highest BCUT2D eigenvalue weighted by Crippen LogP contribution is 2.25. The Hall–Kier alpha value is -1.42. The first-order chi connectivity index (χ1) is 10.1. The van der Waals surface area contributed by atoms with Crippen molar-refractivity contribution >= 4 is 11.6 Å². The van der Waals surface area contributed by atoms with Gasteiger partial charge in [-0.25, -0.2) is 4.39 Å². The minimum atomic E-state index is -0.388. The topological polar surface area (TPSA) is 29.3 Å². The number of hydrogen-bond donors (Lipinski definition) is 1. The van der Waals surface area contributed by atoms with Crippen LogP contribution in [0.25, 0.3) is 0 Å². The highest BCUT2D eigenvalue weighted by Gasteiger charge is 2.16. The first kappa shape index (κ1) is 16.0. The predicted molar refractivity (Wildman–Crippen MR) is 85.7 cm³/mol. The minimum Gasteiger partial charge on any atom is -0.329 e. The zero-order chi connectivity index (χ0) is 15.2. The second-order valence-electron chi connectivity index (χ2n) is 5.09. The summed E-state index contributed by atoms with van der Waals surface area (Å²) in [5.74, 6) is -0.388. The van der Waals surface area contributed by atoms with Gasteiger partial charge < -0.3 is 5.73 Å². The van der Waals surface area contributed by atoms with Gasteiger partial charge in [-0.2, -0.15) is 0 Å². The Morgan fingerprint density at radius 3 is 2.52 bits per heavy atom. The van der Waals surface area contributed by atoms with Gasteiger partial charge in [-0.3, -0.25) is 4.90 Å². The Labute approximate surface area is 130 Å². The number of nitrogens with two attached hydrogens (primary N) is 1. The highest BCUT2D eigenvalue weighted by molar-refractivity contribution is 6.30. The number of benzene rings is 2. The molecule has 4 heteroatoms. The predicted octanol–water partition coefficient (Wildman–Crippen LogP) is 4.00. The Kier molecular flexibility index (Phi) is 5.74. The molecule has 0 heterocycles. The van der Waals surface area contributed by atoms with Gasteiger partial charge in [0.05, 0.1) is 5.02 Å². The molecule has 0 aliphatic carbocycles. The van der Waals surface area contributed by atoms with E-state index in [2.05, 4.69) is 24.0 Å². The van der Waals surface area contributed by atoms with E-state index in [4.69, 9.17) is 17.3 Å². The van der Waals surface area contributed by atoms with Gasteiger partial charge in [-0.1, -0.05) is 48.0 Å². The van der Waals surface area contributed by atoms with E-state index in [-0.39, 0.29) is 16.9 Å². The molecule has 0 spiro atoms. The van der Waals surface area contributed by atoms with Crippen LogP contribution in [0.4, 0.5) is 4.39 Å². The lowest BCUT2D eigenvalue weighted by molar-refractivity contribution is 0.207. The Morgan fingerprint density at radius 2 is 1.90 bits per heavy atom. The molecule has 1 atom stereocenters. The molecule has 2 rings (SSSR count). The Balaban J connectivity index is 2.18. The highest BCUT2D eigenvalue weighted by atomic mass is 35.5. The molecule has 0 saturated heterocycles. The van der Waals surface area contributed by atoms with Crippen molar-refractivity contribution in [3.63, 3.8) is 0 Å². The summed E-state index contributed by atoms with van der Waals surface area (Å²) < 4.78 is 13.3. The van der Waals surface area contributed by atoms with Crippen LogP contribution in [-0.2, 0) is 6.54 Å². The van der Waals surface area contributed by atoms with Gasteiger partial charge >= 0.3 is 0 Å². The monoisotopic (exact) mass is 306 g/mol. The van der Waals surface area contributed by atoms with Crippen LogP contribution >= 0.6 is 11.6 Å². The third-order valence-electron chi connectivity index (χ3n) is 3.62. The van der Waals surface area contributed by atoms with Crippen molar-refractivity contribution < 1.29 is 4.39 Å². The molecule has 0 aliphatic heterocycles. The van der Waals surface area contributed by atoms with Crippen molar-refractivity contribution in [3.8, 4) is 0 Å². The molecule has 1 unspecified atom stereocenters. The fraction of sp³-hybridized carbons (Fsp3) is 0.294. The molecule has 2 aromatic carbocycles. The average Bonchev–Trinajstić information content (AvgIpc) is 2.50. The van der Waals surface area contributed by atoms with Crippen LogP contribution in [0, 0.1) is 5.82 Å². The van der Waals surface area contributed by atoms with Gasteiger partial charge in [0.1, 0.15) is 5.82 Å². The van der Waals surface area contributed by atoms with Crippen molar-refractivity contribution in [2.24, 2.45) is 5.73 Å². The fourth-order valence-electron chi connectivity index (χ4n) is 2.38. The zero-order valence-electron chi connectivity index (χ0n) is 12.1. The van der Waals surface area contributed by atoms with Crippen LogP contribution in [-0.4, -0.2) is 18.0 Å². The van der Waals surface area contributed by atoms with E-state index in [9.17, 15) is 4.39 Å². The number of nitrogens with zero attached hydrogens (tertiary/aromatic N) is 1. The quantitative estimate of drug-likeness (QED) is 0.874. The van der Waals surface area contributed by atoms with Gasteiger partial charge in [-0.15, -0.1) is 0 Å². The molecule has 0 saturated carbocycles. The molecule has 0 amide bonds. The summed E-state index contributed by atoms with van der Waals surface area (Å²) in [5.41, 5.74) is 7.94. The lowest BCUT2D eigenvalue weighted by Crippen LogP contribution is -2.31. The number of rotatable bonds is 6. The maximum atomic E-state index is 13.3. The summed E-state index contributed by atoms with van der Waals surface area (Å²) in [7, 11) is 0. The smallest absolute Gasteiger partial charge is 0.141 e. The molecule has 21 heavy (non-hydrogen) atoms. The molecule has 112 valence electrons. The van der Waals surface area contributed by atoms with E-state index in [0.29, 0.717) is 6.54 Å². The Morgan fingerprint density at radius 1 is 1.19 bits per heavy atom. The molecule has 0 radical (unpaired) electrons. The third-order valence-corrected chi connectivity index (χ3v) is 3.91. The van der Waals surface area contributed by atoms with E-state index in [1.807, 2.05) is 18.2 Å². The molecule has 0 aromatic heterocycles. The summed E-state index contributed by atoms with van der Waals surface area (Å²) in [6, 6.07) is 15.2. The summed E-state index contributed by atoms with van der Waals surface area (Å²) in [4.78, 5) is 2.26. The molecule has 0 fully saturated rings. The summed E-state index contributed by atoms with van der Waals surface area (Å²) >= 11 is 5.88. The molecule has 2 aromatic rings. The van der Waals surface area contributed by atoms with E-state index in [1.165, 1.54) is 11.6 Å². The maximum absolute atomic E-state index is 13.3. The van der Waals surface area contributed by atoms with Crippen molar-refractivity contribution in [1.29, 1.82) is 0 Å². The van der Waals surface area contributed by atoms with Crippen LogP contribution in [0.3, 0.4) is 0 Å². The second kappa shape index (κ2) is 7.55. The van der Waals surface area contributed by atoms with E-state index in [0.717, 1.165) is 18.7 Å². The molecule has 0 aliphatic rings. The van der Waals surface area contributed by atoms with Crippen LogP contribution in [0.15, 0.2) is 48.5 Å². The second-order valence-corrected chi connectivity index (χ2v) is 5.50. The van der Waals surface area contributed by atoms with Gasteiger partial charge in [0.2, 0.25) is 0 Å². The van der Waals surface area contributed by atoms with Gasteiger partial charge in [-0.05, 0) is 30.2 Å². The normalized spacial score (nSPS) is 12.6. The first-order valence-electron chi connectivity index (χ1n) is 7.05. The zero-order valence-corrected chi connectivity index (χ0v) is 12.9. The number of halogens is 2. The molecule has 2 nitrogen and oxygen atoms in total. The van der Waals surface area contributed by atoms with E-state index < -0.39 is 0 Å². The van der Waals surface area contributed by atoms with Crippen LogP contribution < -0.4 is 5.73 Å². The van der Waals surface area contributed by atoms with Gasteiger partial charge in [0, 0.05) is 25.7 Å². The molecular weight excluding hydrogens is 287 g/mol. The fourth-order valence-corrected chi connectivity index (χ4v) is 2.57. The van der Waals surface area contributed by atoms with Crippen LogP contribution in [0.5, 0.6) is 0 Å². The average molecular weight is 307 g/mol. The van der Waals surface area contributed by atoms with Gasteiger partial charge in [0.15, 0.2) is 0 Å². The molecule has 0 bridgehead atoms. The van der Waals surface area contributed by atoms with Crippen molar-refractivity contribution in [1.82, 2.24) is 4.90 Å². The Bertz CT molecular complexity index is 574. The largest absolute Gasteiger partial charge is 0.329 e. The van der Waals surface area contributed by atoms with Crippen molar-refractivity contribution in [2.45, 2.75) is 19.5 Å².